The smallest absolute Gasteiger partial charge is 0.338 e. The van der Waals surface area contributed by atoms with E-state index < -0.39 is 24.3 Å². The zero-order valence-electron chi connectivity index (χ0n) is 11.7. The molecule has 4 nitrogen and oxygen atoms in total. The number of carbonyl (C=O) groups excluding carboxylic acids is 2. The van der Waals surface area contributed by atoms with Crippen molar-refractivity contribution in [3.8, 4) is 0 Å². The van der Waals surface area contributed by atoms with E-state index in [1.54, 1.807) is 24.3 Å². The molecule has 0 fully saturated rings. The first-order valence-corrected chi connectivity index (χ1v) is 6.82. The average molecular weight is 322 g/mol. The van der Waals surface area contributed by atoms with Crippen LogP contribution >= 0.6 is 11.6 Å². The molecule has 0 radical (unpaired) electrons. The van der Waals surface area contributed by atoms with Crippen LogP contribution in [0.15, 0.2) is 42.5 Å². The summed E-state index contributed by atoms with van der Waals surface area (Å²) in [5.74, 6) is -1.90. The highest BCUT2D eigenvalue weighted by Crippen LogP contribution is 2.19. The molecule has 0 saturated heterocycles. The number of ether oxygens (including phenoxy) is 1. The average Bonchev–Trinajstić information content (AvgIpc) is 2.49. The van der Waals surface area contributed by atoms with Crippen LogP contribution < -0.4 is 5.32 Å². The molecule has 114 valence electrons. The second kappa shape index (κ2) is 7.04. The van der Waals surface area contributed by atoms with E-state index in [0.717, 1.165) is 11.6 Å². The number of hydrogen-bond acceptors (Lipinski definition) is 3. The van der Waals surface area contributed by atoms with Crippen molar-refractivity contribution in [3.63, 3.8) is 0 Å². The lowest BCUT2D eigenvalue weighted by Gasteiger charge is -2.08. The molecule has 0 aliphatic heterocycles. The number of anilines is 1. The van der Waals surface area contributed by atoms with Crippen LogP contribution in [0.1, 0.15) is 15.9 Å². The lowest BCUT2D eigenvalue weighted by atomic mass is 10.1. The Bertz CT molecular complexity index is 701. The van der Waals surface area contributed by atoms with E-state index in [1.165, 1.54) is 12.1 Å². The van der Waals surface area contributed by atoms with E-state index in [-0.39, 0.29) is 10.7 Å². The van der Waals surface area contributed by atoms with Crippen LogP contribution in [0.2, 0.25) is 5.02 Å². The maximum absolute atomic E-state index is 13.5. The molecule has 0 aliphatic rings. The van der Waals surface area contributed by atoms with E-state index in [1.807, 2.05) is 6.92 Å². The molecule has 2 rings (SSSR count). The van der Waals surface area contributed by atoms with Gasteiger partial charge in [-0.1, -0.05) is 29.3 Å². The van der Waals surface area contributed by atoms with Gasteiger partial charge in [0.05, 0.1) is 11.3 Å². The molecule has 0 heterocycles. The standard InChI is InChI=1S/C16H13ClFNO3/c1-10-2-4-11(5-3-10)16(21)22-9-15(20)19-14-8-12(17)6-7-13(14)18/h2-8H,9H2,1H3,(H,19,20). The number of aryl methyl sites for hydroxylation is 1. The Kier molecular flexibility index (Phi) is 5.12. The summed E-state index contributed by atoms with van der Waals surface area (Å²) >= 11 is 5.72. The largest absolute Gasteiger partial charge is 0.452 e. The number of nitrogens with one attached hydrogen (secondary N) is 1. The van der Waals surface area contributed by atoms with Gasteiger partial charge >= 0.3 is 5.97 Å². The Hall–Kier alpha value is -2.40. The number of benzene rings is 2. The van der Waals surface area contributed by atoms with Gasteiger partial charge in [-0.25, -0.2) is 9.18 Å². The number of rotatable bonds is 4. The molecule has 0 spiro atoms. The minimum absolute atomic E-state index is 0.0658. The molecule has 0 aliphatic carbocycles. The summed E-state index contributed by atoms with van der Waals surface area (Å²) in [4.78, 5) is 23.4. The van der Waals surface area contributed by atoms with Crippen molar-refractivity contribution < 1.29 is 18.7 Å². The maximum Gasteiger partial charge on any atom is 0.338 e. The SMILES string of the molecule is Cc1ccc(C(=O)OCC(=O)Nc2cc(Cl)ccc2F)cc1. The number of halogens is 2. The van der Waals surface area contributed by atoms with E-state index in [9.17, 15) is 14.0 Å². The van der Waals surface area contributed by atoms with Crippen molar-refractivity contribution >= 4 is 29.2 Å². The third-order valence-corrected chi connectivity index (χ3v) is 3.06. The second-order valence-corrected chi connectivity index (χ2v) is 5.05. The Balaban J connectivity index is 1.91. The monoisotopic (exact) mass is 321 g/mol. The zero-order chi connectivity index (χ0) is 16.1. The number of amides is 1. The van der Waals surface area contributed by atoms with Gasteiger partial charge in [0.15, 0.2) is 6.61 Å². The van der Waals surface area contributed by atoms with Crippen LogP contribution in [0.3, 0.4) is 0 Å². The first-order valence-electron chi connectivity index (χ1n) is 6.44. The molecule has 1 N–H and O–H groups in total. The topological polar surface area (TPSA) is 55.4 Å². The van der Waals surface area contributed by atoms with Crippen molar-refractivity contribution in [2.24, 2.45) is 0 Å². The zero-order valence-corrected chi connectivity index (χ0v) is 12.5. The normalized spacial score (nSPS) is 10.1. The fraction of sp³-hybridized carbons (Fsp3) is 0.125. The highest BCUT2D eigenvalue weighted by molar-refractivity contribution is 6.30. The summed E-state index contributed by atoms with van der Waals surface area (Å²) in [6, 6.07) is 10.5. The van der Waals surface area contributed by atoms with Gasteiger partial charge in [0, 0.05) is 5.02 Å². The van der Waals surface area contributed by atoms with E-state index in [4.69, 9.17) is 16.3 Å². The maximum atomic E-state index is 13.5. The van der Waals surface area contributed by atoms with Gasteiger partial charge in [0.2, 0.25) is 0 Å². The van der Waals surface area contributed by atoms with Gasteiger partial charge < -0.3 is 10.1 Å². The molecule has 22 heavy (non-hydrogen) atoms. The van der Waals surface area contributed by atoms with Crippen LogP contribution in [0.4, 0.5) is 10.1 Å². The summed E-state index contributed by atoms with van der Waals surface area (Å²) in [7, 11) is 0. The van der Waals surface area contributed by atoms with Crippen LogP contribution in [0.25, 0.3) is 0 Å². The van der Waals surface area contributed by atoms with Gasteiger partial charge in [0.25, 0.3) is 5.91 Å². The van der Waals surface area contributed by atoms with Crippen molar-refractivity contribution in [1.82, 2.24) is 0 Å². The highest BCUT2D eigenvalue weighted by Gasteiger charge is 2.12. The molecule has 2 aromatic rings. The molecule has 0 saturated carbocycles. The lowest BCUT2D eigenvalue weighted by molar-refractivity contribution is -0.119. The third kappa shape index (κ3) is 4.30. The predicted molar refractivity (Wildman–Crippen MR) is 81.5 cm³/mol. The summed E-state index contributed by atoms with van der Waals surface area (Å²) in [5, 5.41) is 2.58. The predicted octanol–water partition coefficient (Wildman–Crippen LogP) is 3.58. The fourth-order valence-corrected chi connectivity index (χ4v) is 1.86. The van der Waals surface area contributed by atoms with Crippen molar-refractivity contribution in [2.75, 3.05) is 11.9 Å². The fourth-order valence-electron chi connectivity index (χ4n) is 1.68. The van der Waals surface area contributed by atoms with Crippen LogP contribution in [-0.4, -0.2) is 18.5 Å². The van der Waals surface area contributed by atoms with E-state index in [2.05, 4.69) is 5.32 Å². The van der Waals surface area contributed by atoms with Gasteiger partial charge in [-0.2, -0.15) is 0 Å². The van der Waals surface area contributed by atoms with Gasteiger partial charge in [-0.05, 0) is 37.3 Å². The first-order chi connectivity index (χ1) is 10.5. The van der Waals surface area contributed by atoms with Crippen LogP contribution in [-0.2, 0) is 9.53 Å². The number of esters is 1. The van der Waals surface area contributed by atoms with Gasteiger partial charge in [0.1, 0.15) is 5.82 Å². The van der Waals surface area contributed by atoms with Gasteiger partial charge in [-0.15, -0.1) is 0 Å². The summed E-state index contributed by atoms with van der Waals surface area (Å²) in [6.45, 7) is 1.38. The summed E-state index contributed by atoms with van der Waals surface area (Å²) in [6.07, 6.45) is 0. The van der Waals surface area contributed by atoms with E-state index in [0.29, 0.717) is 5.56 Å². The Morgan fingerprint density at radius 2 is 1.86 bits per heavy atom. The molecule has 0 unspecified atom stereocenters. The quantitative estimate of drug-likeness (QED) is 0.876. The molecule has 0 aromatic heterocycles. The van der Waals surface area contributed by atoms with Crippen molar-refractivity contribution in [1.29, 1.82) is 0 Å². The van der Waals surface area contributed by atoms with Crippen LogP contribution in [0.5, 0.6) is 0 Å². The molecule has 0 bridgehead atoms. The van der Waals surface area contributed by atoms with Crippen molar-refractivity contribution in [3.05, 3.63) is 64.4 Å². The molecule has 1 amide bonds. The number of hydrogen-bond donors (Lipinski definition) is 1. The van der Waals surface area contributed by atoms with E-state index >= 15 is 0 Å². The first kappa shape index (κ1) is 16.0. The summed E-state index contributed by atoms with van der Waals surface area (Å²) < 4.78 is 18.3. The minimum Gasteiger partial charge on any atom is -0.452 e. The molecule has 6 heteroatoms. The molecular formula is C16H13ClFNO3. The Labute approximate surface area is 131 Å². The minimum atomic E-state index is -0.651. The third-order valence-electron chi connectivity index (χ3n) is 2.82. The molecule has 0 atom stereocenters. The molecular weight excluding hydrogens is 309 g/mol. The van der Waals surface area contributed by atoms with Crippen molar-refractivity contribution in [2.45, 2.75) is 6.92 Å². The lowest BCUT2D eigenvalue weighted by Crippen LogP contribution is -2.21. The Morgan fingerprint density at radius 1 is 1.18 bits per heavy atom. The Morgan fingerprint density at radius 3 is 2.55 bits per heavy atom. The molecule has 2 aromatic carbocycles. The van der Waals surface area contributed by atoms with Crippen LogP contribution in [0, 0.1) is 12.7 Å². The highest BCUT2D eigenvalue weighted by atomic mass is 35.5. The second-order valence-electron chi connectivity index (χ2n) is 4.61. The summed E-state index contributed by atoms with van der Waals surface area (Å²) in [5.41, 5.74) is 1.28. The van der Waals surface area contributed by atoms with Gasteiger partial charge in [-0.3, -0.25) is 4.79 Å². The number of carbonyl (C=O) groups is 2.